The van der Waals surface area contributed by atoms with Crippen LogP contribution in [-0.2, 0) is 32.0 Å². The number of nitrogens with one attached hydrogen (secondary N) is 3. The van der Waals surface area contributed by atoms with Crippen LogP contribution in [0.2, 0.25) is 0 Å². The summed E-state index contributed by atoms with van der Waals surface area (Å²) < 4.78 is 153. The van der Waals surface area contributed by atoms with Crippen molar-refractivity contribution in [3.05, 3.63) is 75.0 Å². The molecule has 4 atom stereocenters. The van der Waals surface area contributed by atoms with Crippen LogP contribution in [0.1, 0.15) is 45.4 Å². The zero-order valence-electron chi connectivity index (χ0n) is 32.6. The number of benzene rings is 2. The summed E-state index contributed by atoms with van der Waals surface area (Å²) in [4.78, 5) is 51.1. The first kappa shape index (κ1) is 50.4. The third-order valence-electron chi connectivity index (χ3n) is 9.45. The molecular weight excluding hydrogens is 959 g/mol. The topological polar surface area (TPSA) is 190 Å². The number of amides is 4. The maximum absolute atomic E-state index is 15.7. The minimum Gasteiger partial charge on any atom is -0.453 e. The third-order valence-corrected chi connectivity index (χ3v) is 10.2. The first-order valence-corrected chi connectivity index (χ1v) is 18.6. The largest absolute Gasteiger partial charge is 0.453 e. The Hall–Kier alpha value is -4.92. The van der Waals surface area contributed by atoms with Crippen molar-refractivity contribution in [1.82, 2.24) is 30.8 Å². The average molecular weight is 1000 g/mol. The molecule has 0 aliphatic carbocycles. The molecule has 2 aromatic carbocycles. The monoisotopic (exact) mass is 999 g/mol. The summed E-state index contributed by atoms with van der Waals surface area (Å²) in [6.07, 6.45) is -18.1. The van der Waals surface area contributed by atoms with Crippen molar-refractivity contribution in [3.63, 3.8) is 0 Å². The Morgan fingerprint density at radius 2 is 1.46 bits per heavy atom. The number of alkyl halides is 8. The summed E-state index contributed by atoms with van der Waals surface area (Å²) >= 11 is 1.94. The lowest BCUT2D eigenvalue weighted by molar-refractivity contribution is -0.238. The highest BCUT2D eigenvalue weighted by molar-refractivity contribution is 14.1. The van der Waals surface area contributed by atoms with Gasteiger partial charge in [-0.05, 0) is 92.6 Å². The molecule has 4 amide bonds. The lowest BCUT2D eigenvalue weighted by Crippen LogP contribution is -2.62. The van der Waals surface area contributed by atoms with Gasteiger partial charge in [-0.25, -0.2) is 28.1 Å². The molecule has 338 valence electrons. The van der Waals surface area contributed by atoms with E-state index >= 15 is 8.78 Å². The van der Waals surface area contributed by atoms with Crippen molar-refractivity contribution in [3.8, 4) is 11.3 Å². The molecule has 0 spiro atoms. The maximum Gasteiger partial charge on any atom is 0.407 e. The van der Waals surface area contributed by atoms with Crippen molar-refractivity contribution in [2.45, 2.75) is 83.9 Å². The Bertz CT molecular complexity index is 2010. The zero-order chi connectivity index (χ0) is 46.4. The molecule has 1 aromatic heterocycles. The van der Waals surface area contributed by atoms with Crippen molar-refractivity contribution >= 4 is 46.6 Å². The van der Waals surface area contributed by atoms with Crippen LogP contribution in [0.3, 0.4) is 0 Å². The second-order valence-electron chi connectivity index (χ2n) is 14.6. The summed E-state index contributed by atoms with van der Waals surface area (Å²) in [7, 11) is 0.775. The molecule has 14 nitrogen and oxygen atoms in total. The first-order valence-electron chi connectivity index (χ1n) is 17.5. The van der Waals surface area contributed by atoms with Gasteiger partial charge in [0, 0.05) is 34.0 Å². The van der Waals surface area contributed by atoms with E-state index in [9.17, 15) is 59.4 Å². The number of methoxy groups -OCH3 is 1. The van der Waals surface area contributed by atoms with Gasteiger partial charge < -0.3 is 30.9 Å². The molecule has 0 fully saturated rings. The zero-order valence-corrected chi connectivity index (χ0v) is 34.8. The summed E-state index contributed by atoms with van der Waals surface area (Å²) in [6.45, 7) is -3.25. The van der Waals surface area contributed by atoms with Gasteiger partial charge >= 0.3 is 31.1 Å². The number of nitrogens with zero attached hydrogens (tertiary/aromatic N) is 3. The van der Waals surface area contributed by atoms with Crippen LogP contribution in [0.4, 0.5) is 53.5 Å². The molecule has 0 saturated heterocycles. The molecular formula is C36H40F10IN7O7. The van der Waals surface area contributed by atoms with E-state index in [4.69, 9.17) is 5.73 Å². The SMILES string of the molecule is COC(=O)N[C@H](C(=O)NN(Cc1c(F)cc(-c2ccn(C(F)F)n2)cc1F)C[C@H](O)[C@H](Cc1ccc(I)cc1)NC(=O)[C@@H](OC(N)=O)C(C)(C)C(F)(F)F)C(C)(C)C(F)(F)F. The number of aliphatic hydroxyl groups excluding tert-OH is 1. The molecule has 6 N–H and O–H groups in total. The fourth-order valence-electron chi connectivity index (χ4n) is 5.54. The summed E-state index contributed by atoms with van der Waals surface area (Å²) in [5.74, 6) is -6.16. The molecule has 0 bridgehead atoms. The summed E-state index contributed by atoms with van der Waals surface area (Å²) in [5.41, 5.74) is -0.502. The van der Waals surface area contributed by atoms with Crippen LogP contribution in [0.5, 0.6) is 0 Å². The van der Waals surface area contributed by atoms with Gasteiger partial charge in [-0.2, -0.15) is 40.2 Å². The second kappa shape index (κ2) is 19.9. The van der Waals surface area contributed by atoms with E-state index in [1.54, 1.807) is 17.4 Å². The lowest BCUT2D eigenvalue weighted by Gasteiger charge is -2.37. The maximum atomic E-state index is 15.7. The number of rotatable bonds is 17. The lowest BCUT2D eigenvalue weighted by atomic mass is 9.83. The fourth-order valence-corrected chi connectivity index (χ4v) is 5.90. The predicted octanol–water partition coefficient (Wildman–Crippen LogP) is 6.12. The predicted molar refractivity (Wildman–Crippen MR) is 202 cm³/mol. The fraction of sp³-hybridized carbons (Fsp3) is 0.472. The molecule has 0 radical (unpaired) electrons. The highest BCUT2D eigenvalue weighted by Crippen LogP contribution is 2.42. The number of aromatic nitrogens is 2. The Morgan fingerprint density at radius 1 is 0.902 bits per heavy atom. The van der Waals surface area contributed by atoms with Gasteiger partial charge in [0.15, 0.2) is 6.10 Å². The number of primary amides is 1. The number of carbonyl (C=O) groups excluding carboxylic acids is 4. The van der Waals surface area contributed by atoms with E-state index in [0.717, 1.165) is 19.4 Å². The normalized spacial score (nSPS) is 14.5. The summed E-state index contributed by atoms with van der Waals surface area (Å²) in [5, 5.41) is 19.6. The third kappa shape index (κ3) is 12.8. The van der Waals surface area contributed by atoms with Crippen molar-refractivity contribution in [2.24, 2.45) is 16.6 Å². The number of nitrogens with two attached hydrogens (primary N) is 1. The van der Waals surface area contributed by atoms with Crippen LogP contribution < -0.4 is 21.8 Å². The number of carbonyl (C=O) groups is 4. The van der Waals surface area contributed by atoms with Gasteiger partial charge in [0.05, 0.1) is 30.4 Å². The molecule has 3 aromatic rings. The van der Waals surface area contributed by atoms with E-state index in [2.05, 4.69) is 19.9 Å². The van der Waals surface area contributed by atoms with E-state index in [1.165, 1.54) is 12.1 Å². The van der Waals surface area contributed by atoms with Gasteiger partial charge in [0.2, 0.25) is 0 Å². The van der Waals surface area contributed by atoms with Gasteiger partial charge in [-0.1, -0.05) is 12.1 Å². The Morgan fingerprint density at radius 3 is 1.93 bits per heavy atom. The summed E-state index contributed by atoms with van der Waals surface area (Å²) in [6, 6.07) is 4.17. The minimum absolute atomic E-state index is 0.191. The Kier molecular flexibility index (Phi) is 16.4. The van der Waals surface area contributed by atoms with Gasteiger partial charge in [-0.3, -0.25) is 15.0 Å². The van der Waals surface area contributed by atoms with Crippen LogP contribution >= 0.6 is 22.6 Å². The second-order valence-corrected chi connectivity index (χ2v) is 15.8. The Balaban J connectivity index is 2.15. The number of hydrazine groups is 1. The van der Waals surface area contributed by atoms with E-state index in [-0.39, 0.29) is 15.9 Å². The Labute approximate surface area is 354 Å². The van der Waals surface area contributed by atoms with Crippen LogP contribution in [0.15, 0.2) is 48.7 Å². The number of aliphatic hydroxyl groups is 1. The van der Waals surface area contributed by atoms with E-state index in [1.807, 2.05) is 28.0 Å². The molecule has 0 saturated carbocycles. The molecule has 3 rings (SSSR count). The van der Waals surface area contributed by atoms with E-state index in [0.29, 0.717) is 54.0 Å². The van der Waals surface area contributed by atoms with Gasteiger partial charge in [0.25, 0.3) is 11.8 Å². The number of hydrogen-bond donors (Lipinski definition) is 5. The van der Waals surface area contributed by atoms with Crippen LogP contribution in [0, 0.1) is 26.0 Å². The van der Waals surface area contributed by atoms with Crippen LogP contribution in [0.25, 0.3) is 11.3 Å². The highest BCUT2D eigenvalue weighted by Gasteiger charge is 2.58. The number of ether oxygens (including phenoxy) is 2. The minimum atomic E-state index is -5.21. The number of halogens is 11. The van der Waals surface area contributed by atoms with Crippen molar-refractivity contribution < 1.29 is 77.7 Å². The number of alkyl carbamates (subject to hydrolysis) is 1. The molecule has 0 aliphatic heterocycles. The van der Waals surface area contributed by atoms with E-state index < -0.39 is 115 Å². The van der Waals surface area contributed by atoms with Crippen molar-refractivity contribution in [2.75, 3.05) is 13.7 Å². The highest BCUT2D eigenvalue weighted by atomic mass is 127. The smallest absolute Gasteiger partial charge is 0.407 e. The standard InChI is InChI=1S/C36H40F10IN7O7/c1-33(2,35(41,42)43)26(50-32(59)60-5)28(56)52-53(15-20-21(37)13-18(14-22(20)38)23-10-11-54(51-23)30(39)40)16-25(55)24(12-17-6-8-19(47)9-7-17)49-29(57)27(61-31(48)58)34(3,4)36(44,45)46/h6-11,13-14,24-27,30,55H,12,15-16H2,1-5H3,(H2,48,58)(H,49,57)(H,50,59)(H,52,56)/t24-,25-,26+,27+/m0/s1. The molecule has 25 heteroatoms. The van der Waals surface area contributed by atoms with Crippen LogP contribution in [-0.4, -0.2) is 94.2 Å². The molecule has 0 aliphatic rings. The average Bonchev–Trinajstić information content (AvgIpc) is 3.64. The molecule has 61 heavy (non-hydrogen) atoms. The molecule has 1 heterocycles. The van der Waals surface area contributed by atoms with Crippen molar-refractivity contribution in [1.29, 1.82) is 0 Å². The first-order chi connectivity index (χ1) is 28.0. The number of hydrogen-bond acceptors (Lipinski definition) is 9. The quantitative estimate of drug-likeness (QED) is 0.0604. The van der Waals surface area contributed by atoms with Gasteiger partial charge in [-0.15, -0.1) is 0 Å². The molecule has 0 unspecified atom stereocenters. The van der Waals surface area contributed by atoms with Gasteiger partial charge in [0.1, 0.15) is 23.1 Å².